The number of aryl methyl sites for hydroxylation is 2. The molecule has 0 N–H and O–H groups in total. The summed E-state index contributed by atoms with van der Waals surface area (Å²) in [5.74, 6) is 1.23. The van der Waals surface area contributed by atoms with Crippen LogP contribution in [0.2, 0.25) is 0 Å². The van der Waals surface area contributed by atoms with Gasteiger partial charge >= 0.3 is 0 Å². The van der Waals surface area contributed by atoms with Gasteiger partial charge in [0.1, 0.15) is 10.6 Å². The summed E-state index contributed by atoms with van der Waals surface area (Å²) in [4.78, 5) is 15.0. The molecule has 0 unspecified atom stereocenters. The summed E-state index contributed by atoms with van der Waals surface area (Å²) in [5.41, 5.74) is 1.56. The van der Waals surface area contributed by atoms with Crippen molar-refractivity contribution in [2.24, 2.45) is 0 Å². The van der Waals surface area contributed by atoms with E-state index in [0.29, 0.717) is 0 Å². The van der Waals surface area contributed by atoms with E-state index in [1.54, 1.807) is 22.2 Å². The number of hydrogen-bond acceptors (Lipinski definition) is 5. The zero-order valence-electron chi connectivity index (χ0n) is 12.5. The molecule has 2 aliphatic rings. The molecule has 0 atom stereocenters. The Morgan fingerprint density at radius 3 is 2.62 bits per heavy atom. The summed E-state index contributed by atoms with van der Waals surface area (Å²) in [7, 11) is 0. The van der Waals surface area contributed by atoms with E-state index in [0.717, 1.165) is 18.2 Å². The summed E-state index contributed by atoms with van der Waals surface area (Å²) in [6.07, 6.45) is 11.2. The van der Waals surface area contributed by atoms with E-state index in [2.05, 4.69) is 11.2 Å². The van der Waals surface area contributed by atoms with E-state index in [4.69, 9.17) is 9.97 Å². The van der Waals surface area contributed by atoms with Crippen LogP contribution in [0.5, 0.6) is 0 Å². The summed E-state index contributed by atoms with van der Waals surface area (Å²) >= 11 is 3.58. The van der Waals surface area contributed by atoms with E-state index >= 15 is 0 Å². The third kappa shape index (κ3) is 2.44. The first-order valence-corrected chi connectivity index (χ1v) is 10.0. The van der Waals surface area contributed by atoms with Gasteiger partial charge in [-0.05, 0) is 56.8 Å². The Bertz CT molecular complexity index is 659. The third-order valence-corrected chi connectivity index (χ3v) is 6.35. The molecule has 21 heavy (non-hydrogen) atoms. The molecule has 0 aromatic carbocycles. The van der Waals surface area contributed by atoms with Gasteiger partial charge in [-0.2, -0.15) is 0 Å². The SMILES string of the molecule is CSc1nc(N2CCCCC2)c2c3c(sc2n1)CCCC3. The van der Waals surface area contributed by atoms with Crippen LogP contribution in [-0.2, 0) is 12.8 Å². The minimum atomic E-state index is 0.932. The minimum absolute atomic E-state index is 0.932. The first kappa shape index (κ1) is 13.8. The van der Waals surface area contributed by atoms with E-state index in [-0.39, 0.29) is 0 Å². The Morgan fingerprint density at radius 1 is 1.00 bits per heavy atom. The quantitative estimate of drug-likeness (QED) is 0.610. The molecule has 2 aromatic rings. The van der Waals surface area contributed by atoms with Gasteiger partial charge in [0.25, 0.3) is 0 Å². The van der Waals surface area contributed by atoms with Gasteiger partial charge in [-0.15, -0.1) is 11.3 Å². The van der Waals surface area contributed by atoms with Crippen molar-refractivity contribution in [3.05, 3.63) is 10.4 Å². The van der Waals surface area contributed by atoms with E-state index < -0.39 is 0 Å². The lowest BCUT2D eigenvalue weighted by molar-refractivity contribution is 0.573. The van der Waals surface area contributed by atoms with Crippen LogP contribution in [0.15, 0.2) is 5.16 Å². The number of piperidine rings is 1. The molecular weight excluding hydrogens is 298 g/mol. The number of thioether (sulfide) groups is 1. The van der Waals surface area contributed by atoms with Gasteiger partial charge in [0.2, 0.25) is 0 Å². The number of fused-ring (bicyclic) bond motifs is 3. The fraction of sp³-hybridized carbons (Fsp3) is 0.625. The molecule has 3 nitrogen and oxygen atoms in total. The highest BCUT2D eigenvalue weighted by molar-refractivity contribution is 7.98. The maximum Gasteiger partial charge on any atom is 0.190 e. The average Bonchev–Trinajstić information content (AvgIpc) is 2.93. The Kier molecular flexibility index (Phi) is 3.79. The molecule has 5 heteroatoms. The summed E-state index contributed by atoms with van der Waals surface area (Å²) < 4.78 is 0. The summed E-state index contributed by atoms with van der Waals surface area (Å²) in [5, 5.41) is 2.32. The fourth-order valence-electron chi connectivity index (χ4n) is 3.55. The number of nitrogens with zero attached hydrogens (tertiary/aromatic N) is 3. The number of rotatable bonds is 2. The molecule has 0 amide bonds. The van der Waals surface area contributed by atoms with Crippen LogP contribution in [0.4, 0.5) is 5.82 Å². The van der Waals surface area contributed by atoms with Crippen LogP contribution >= 0.6 is 23.1 Å². The van der Waals surface area contributed by atoms with Crippen LogP contribution in [0.1, 0.15) is 42.5 Å². The van der Waals surface area contributed by atoms with E-state index in [1.165, 1.54) is 61.0 Å². The molecule has 0 radical (unpaired) electrons. The van der Waals surface area contributed by atoms with Gasteiger partial charge in [-0.3, -0.25) is 0 Å². The number of thiophene rings is 1. The van der Waals surface area contributed by atoms with Crippen LogP contribution < -0.4 is 4.90 Å². The van der Waals surface area contributed by atoms with Crippen molar-refractivity contribution >= 4 is 39.1 Å². The second-order valence-electron chi connectivity index (χ2n) is 5.97. The van der Waals surface area contributed by atoms with Crippen molar-refractivity contribution in [3.8, 4) is 0 Å². The van der Waals surface area contributed by atoms with Crippen LogP contribution in [-0.4, -0.2) is 29.3 Å². The molecule has 1 fully saturated rings. The molecule has 1 aliphatic carbocycles. The number of hydrogen-bond donors (Lipinski definition) is 0. The Balaban J connectivity index is 1.90. The van der Waals surface area contributed by atoms with Crippen molar-refractivity contribution in [2.75, 3.05) is 24.2 Å². The molecule has 112 valence electrons. The molecule has 0 bridgehead atoms. The molecule has 1 aliphatic heterocycles. The lowest BCUT2D eigenvalue weighted by Crippen LogP contribution is -2.30. The summed E-state index contributed by atoms with van der Waals surface area (Å²) in [6, 6.07) is 0. The number of aromatic nitrogens is 2. The lowest BCUT2D eigenvalue weighted by Gasteiger charge is -2.29. The van der Waals surface area contributed by atoms with Gasteiger partial charge in [-0.25, -0.2) is 9.97 Å². The molecule has 0 saturated carbocycles. The molecule has 3 heterocycles. The van der Waals surface area contributed by atoms with E-state index in [9.17, 15) is 0 Å². The Morgan fingerprint density at radius 2 is 1.81 bits per heavy atom. The maximum absolute atomic E-state index is 4.91. The van der Waals surface area contributed by atoms with Crippen molar-refractivity contribution in [1.82, 2.24) is 9.97 Å². The third-order valence-electron chi connectivity index (χ3n) is 4.61. The highest BCUT2D eigenvalue weighted by Crippen LogP contribution is 2.40. The standard InChI is InChI=1S/C16H21N3S2/c1-20-16-17-14(19-9-5-2-6-10-19)13-11-7-3-4-8-12(11)21-15(13)18-16/h2-10H2,1H3. The highest BCUT2D eigenvalue weighted by Gasteiger charge is 2.24. The molecule has 4 rings (SSSR count). The van der Waals surface area contributed by atoms with Crippen molar-refractivity contribution < 1.29 is 0 Å². The molecule has 1 saturated heterocycles. The molecule has 2 aromatic heterocycles. The largest absolute Gasteiger partial charge is 0.356 e. The van der Waals surface area contributed by atoms with Crippen LogP contribution in [0.3, 0.4) is 0 Å². The predicted molar refractivity (Wildman–Crippen MR) is 91.9 cm³/mol. The van der Waals surface area contributed by atoms with Crippen molar-refractivity contribution in [3.63, 3.8) is 0 Å². The molecule has 0 spiro atoms. The molecular formula is C16H21N3S2. The Hall–Kier alpha value is -0.810. The minimum Gasteiger partial charge on any atom is -0.356 e. The predicted octanol–water partition coefficient (Wildman–Crippen LogP) is 4.28. The number of anilines is 1. The maximum atomic E-state index is 4.91. The van der Waals surface area contributed by atoms with Crippen molar-refractivity contribution in [1.29, 1.82) is 0 Å². The van der Waals surface area contributed by atoms with Gasteiger partial charge in [-0.1, -0.05) is 11.8 Å². The second-order valence-corrected chi connectivity index (χ2v) is 7.83. The van der Waals surface area contributed by atoms with Gasteiger partial charge < -0.3 is 4.90 Å². The average molecular weight is 319 g/mol. The zero-order chi connectivity index (χ0) is 14.2. The fourth-order valence-corrected chi connectivity index (χ4v) is 5.22. The zero-order valence-corrected chi connectivity index (χ0v) is 14.2. The summed E-state index contributed by atoms with van der Waals surface area (Å²) in [6.45, 7) is 2.31. The van der Waals surface area contributed by atoms with Crippen LogP contribution in [0, 0.1) is 0 Å². The van der Waals surface area contributed by atoms with Gasteiger partial charge in [0, 0.05) is 18.0 Å². The highest BCUT2D eigenvalue weighted by atomic mass is 32.2. The first-order chi connectivity index (χ1) is 10.4. The monoisotopic (exact) mass is 319 g/mol. The normalized spacial score (nSPS) is 19.0. The van der Waals surface area contributed by atoms with Gasteiger partial charge in [0.05, 0.1) is 5.39 Å². The Labute approximate surface area is 134 Å². The van der Waals surface area contributed by atoms with E-state index in [1.807, 2.05) is 11.3 Å². The smallest absolute Gasteiger partial charge is 0.190 e. The first-order valence-electron chi connectivity index (χ1n) is 7.98. The van der Waals surface area contributed by atoms with Gasteiger partial charge in [0.15, 0.2) is 5.16 Å². The lowest BCUT2D eigenvalue weighted by atomic mass is 9.96. The van der Waals surface area contributed by atoms with Crippen LogP contribution in [0.25, 0.3) is 10.2 Å². The van der Waals surface area contributed by atoms with Crippen molar-refractivity contribution in [2.45, 2.75) is 50.1 Å². The second kappa shape index (κ2) is 5.76. The topological polar surface area (TPSA) is 29.0 Å².